The van der Waals surface area contributed by atoms with Gasteiger partial charge in [-0.25, -0.2) is 0 Å². The van der Waals surface area contributed by atoms with Crippen molar-refractivity contribution in [2.75, 3.05) is 13.2 Å². The molecule has 0 aromatic rings. The Morgan fingerprint density at radius 2 is 2.24 bits per heavy atom. The molecule has 1 aliphatic rings. The number of Topliss-reactive ketones (excluding diaryl/α,β-unsaturated/α-hetero) is 1. The van der Waals surface area contributed by atoms with Crippen molar-refractivity contribution >= 4 is 5.78 Å². The predicted octanol–water partition coefficient (Wildman–Crippen LogP) is -0.750. The van der Waals surface area contributed by atoms with E-state index in [1.54, 1.807) is 6.92 Å². The van der Waals surface area contributed by atoms with Gasteiger partial charge in [0.25, 0.3) is 0 Å². The highest BCUT2D eigenvalue weighted by Crippen LogP contribution is 2.29. The fourth-order valence-corrected chi connectivity index (χ4v) is 2.22. The average molecular weight is 301 g/mol. The normalized spacial score (nSPS) is 27.9. The zero-order valence-corrected chi connectivity index (χ0v) is 11.5. The maximum Gasteiger partial charge on any atom is 0.139 e. The highest BCUT2D eigenvalue weighted by molar-refractivity contribution is 5.81. The van der Waals surface area contributed by atoms with E-state index in [2.05, 4.69) is 10.0 Å². The molecule has 0 saturated heterocycles. The largest absolute Gasteiger partial charge is 0.492 e. The maximum atomic E-state index is 11.7. The smallest absolute Gasteiger partial charge is 0.139 e. The molecule has 0 aromatic carbocycles. The summed E-state index contributed by atoms with van der Waals surface area (Å²) in [5.74, 6) is -0.897. The van der Waals surface area contributed by atoms with Crippen molar-refractivity contribution in [2.45, 2.75) is 37.8 Å². The summed E-state index contributed by atoms with van der Waals surface area (Å²) in [7, 11) is 0. The molecule has 1 heterocycles. The molecule has 9 nitrogen and oxygen atoms in total. The van der Waals surface area contributed by atoms with Crippen molar-refractivity contribution < 1.29 is 30.0 Å². The monoisotopic (exact) mass is 301 g/mol. The number of aliphatic hydroxyl groups excluding tert-OH is 4. The molecule has 1 rings (SSSR count). The van der Waals surface area contributed by atoms with Gasteiger partial charge in [0.1, 0.15) is 24.1 Å². The molecule has 9 heteroatoms. The van der Waals surface area contributed by atoms with Crippen molar-refractivity contribution in [3.05, 3.63) is 22.3 Å². The molecule has 0 saturated carbocycles. The molecule has 3 unspecified atom stereocenters. The lowest BCUT2D eigenvalue weighted by Gasteiger charge is -2.38. The molecule has 4 N–H and O–H groups in total. The molecule has 0 amide bonds. The Morgan fingerprint density at radius 1 is 1.57 bits per heavy atom. The van der Waals surface area contributed by atoms with E-state index in [-0.39, 0.29) is 13.0 Å². The first kappa shape index (κ1) is 17.4. The topological polar surface area (TPSA) is 156 Å². The van der Waals surface area contributed by atoms with Crippen LogP contribution in [0.15, 0.2) is 16.9 Å². The molecule has 1 aliphatic heterocycles. The number of ether oxygens (including phenoxy) is 1. The summed E-state index contributed by atoms with van der Waals surface area (Å²) < 4.78 is 5.38. The number of azide groups is 1. The minimum absolute atomic E-state index is 0.191. The van der Waals surface area contributed by atoms with Gasteiger partial charge < -0.3 is 25.2 Å². The Bertz CT molecular complexity index is 448. The summed E-state index contributed by atoms with van der Waals surface area (Å²) in [6.45, 7) is 0.513. The standard InChI is InChI=1S/C12H19N3O6/c1-6-2-9(18)8(3-7(17)4-14-15-13)12(21-6)11(20)10(19)5-16/h2,8-12,16,18-20H,3-5H2,1H3/t8-,9-,10?,11?,12?/m1/s1. The van der Waals surface area contributed by atoms with Gasteiger partial charge in [-0.15, -0.1) is 0 Å². The summed E-state index contributed by atoms with van der Waals surface area (Å²) >= 11 is 0. The Hall–Kier alpha value is -1.64. The van der Waals surface area contributed by atoms with Crippen LogP contribution in [0, 0.1) is 5.92 Å². The van der Waals surface area contributed by atoms with E-state index >= 15 is 0 Å². The molecule has 5 atom stereocenters. The van der Waals surface area contributed by atoms with Crippen molar-refractivity contribution in [1.82, 2.24) is 0 Å². The van der Waals surface area contributed by atoms with Crippen LogP contribution in [0.25, 0.3) is 10.4 Å². The lowest BCUT2D eigenvalue weighted by Crippen LogP contribution is -2.50. The van der Waals surface area contributed by atoms with Crippen LogP contribution in [-0.4, -0.2) is 63.8 Å². The van der Waals surface area contributed by atoms with Gasteiger partial charge in [0.2, 0.25) is 0 Å². The van der Waals surface area contributed by atoms with Gasteiger partial charge in [0, 0.05) is 17.3 Å². The second-order valence-electron chi connectivity index (χ2n) is 4.89. The van der Waals surface area contributed by atoms with Crippen LogP contribution in [-0.2, 0) is 9.53 Å². The van der Waals surface area contributed by atoms with Gasteiger partial charge >= 0.3 is 0 Å². The number of ketones is 1. The molecule has 0 radical (unpaired) electrons. The van der Waals surface area contributed by atoms with Gasteiger partial charge in [-0.3, -0.25) is 4.79 Å². The van der Waals surface area contributed by atoms with Crippen molar-refractivity contribution in [1.29, 1.82) is 0 Å². The predicted molar refractivity (Wildman–Crippen MR) is 70.9 cm³/mol. The SMILES string of the molecule is CC1=C[C@@H](O)[C@@H](CC(=O)CN=[N+]=[N-])C(C(O)C(O)CO)O1. The van der Waals surface area contributed by atoms with E-state index in [1.165, 1.54) is 6.08 Å². The van der Waals surface area contributed by atoms with Crippen LogP contribution in [0.2, 0.25) is 0 Å². The number of carbonyl (C=O) groups excluding carboxylic acids is 1. The van der Waals surface area contributed by atoms with Gasteiger partial charge in [-0.2, -0.15) is 0 Å². The minimum atomic E-state index is -1.47. The van der Waals surface area contributed by atoms with Crippen LogP contribution in [0.5, 0.6) is 0 Å². The number of carbonyl (C=O) groups is 1. The third kappa shape index (κ3) is 4.69. The van der Waals surface area contributed by atoms with E-state index in [9.17, 15) is 20.1 Å². The Kier molecular flexibility index (Phi) is 6.60. The van der Waals surface area contributed by atoms with E-state index < -0.39 is 42.7 Å². The quantitative estimate of drug-likeness (QED) is 0.275. The van der Waals surface area contributed by atoms with E-state index in [0.717, 1.165) is 0 Å². The van der Waals surface area contributed by atoms with E-state index in [1.807, 2.05) is 0 Å². The molecule has 0 aromatic heterocycles. The third-order valence-corrected chi connectivity index (χ3v) is 3.28. The summed E-state index contributed by atoms with van der Waals surface area (Å²) in [5.41, 5.74) is 8.17. The summed E-state index contributed by atoms with van der Waals surface area (Å²) in [6, 6.07) is 0. The van der Waals surface area contributed by atoms with Crippen molar-refractivity contribution in [2.24, 2.45) is 11.0 Å². The van der Waals surface area contributed by atoms with Crippen LogP contribution in [0.4, 0.5) is 0 Å². The first-order chi connectivity index (χ1) is 9.90. The zero-order valence-electron chi connectivity index (χ0n) is 11.5. The highest BCUT2D eigenvalue weighted by Gasteiger charge is 2.41. The first-order valence-corrected chi connectivity index (χ1v) is 6.43. The number of allylic oxidation sites excluding steroid dienone is 1. The molecule has 21 heavy (non-hydrogen) atoms. The van der Waals surface area contributed by atoms with Crippen molar-refractivity contribution in [3.63, 3.8) is 0 Å². The first-order valence-electron chi connectivity index (χ1n) is 6.43. The number of rotatable bonds is 7. The van der Waals surface area contributed by atoms with Crippen LogP contribution in [0.3, 0.4) is 0 Å². The molecule has 0 bridgehead atoms. The zero-order chi connectivity index (χ0) is 16.0. The molecular weight excluding hydrogens is 282 g/mol. The number of nitrogens with zero attached hydrogens (tertiary/aromatic N) is 3. The van der Waals surface area contributed by atoms with Gasteiger partial charge in [0.15, 0.2) is 0 Å². The van der Waals surface area contributed by atoms with Crippen LogP contribution < -0.4 is 0 Å². The summed E-state index contributed by atoms with van der Waals surface area (Å²) in [6.07, 6.45) is -3.83. The van der Waals surface area contributed by atoms with E-state index in [0.29, 0.717) is 5.76 Å². The molecule has 0 aliphatic carbocycles. The lowest BCUT2D eigenvalue weighted by molar-refractivity contribution is -0.137. The fourth-order valence-electron chi connectivity index (χ4n) is 2.22. The fraction of sp³-hybridized carbons (Fsp3) is 0.750. The second kappa shape index (κ2) is 7.96. The molecule has 118 valence electrons. The van der Waals surface area contributed by atoms with Gasteiger partial charge in [0.05, 0.1) is 25.0 Å². The Labute approximate surface area is 121 Å². The Morgan fingerprint density at radius 3 is 2.81 bits per heavy atom. The van der Waals surface area contributed by atoms with Crippen LogP contribution >= 0.6 is 0 Å². The molecular formula is C12H19N3O6. The average Bonchev–Trinajstić information content (AvgIpc) is 2.45. The summed E-state index contributed by atoms with van der Waals surface area (Å²) in [4.78, 5) is 14.1. The molecule has 0 spiro atoms. The number of aliphatic hydroxyl groups is 4. The summed E-state index contributed by atoms with van der Waals surface area (Å²) in [5, 5.41) is 41.5. The number of hydrogen-bond acceptors (Lipinski definition) is 7. The van der Waals surface area contributed by atoms with Crippen LogP contribution in [0.1, 0.15) is 13.3 Å². The second-order valence-corrected chi connectivity index (χ2v) is 4.89. The maximum absolute atomic E-state index is 11.7. The highest BCUT2D eigenvalue weighted by atomic mass is 16.5. The lowest BCUT2D eigenvalue weighted by atomic mass is 9.84. The number of hydrogen-bond donors (Lipinski definition) is 4. The Balaban J connectivity index is 2.88. The van der Waals surface area contributed by atoms with Gasteiger partial charge in [-0.1, -0.05) is 5.11 Å². The van der Waals surface area contributed by atoms with Crippen molar-refractivity contribution in [3.8, 4) is 0 Å². The molecule has 0 fully saturated rings. The van der Waals surface area contributed by atoms with E-state index in [4.69, 9.17) is 15.4 Å². The van der Waals surface area contributed by atoms with Gasteiger partial charge in [-0.05, 0) is 18.5 Å². The third-order valence-electron chi connectivity index (χ3n) is 3.28. The minimum Gasteiger partial charge on any atom is -0.492 e.